The molecule has 3 heteroatoms. The van der Waals surface area contributed by atoms with Gasteiger partial charge in [0, 0.05) is 10.8 Å². The van der Waals surface area contributed by atoms with Crippen LogP contribution in [0.25, 0.3) is 27.5 Å². The normalized spacial score (nSPS) is 10.5. The van der Waals surface area contributed by atoms with Gasteiger partial charge >= 0.3 is 0 Å². The number of nitrogens with zero attached hydrogens (tertiary/aromatic N) is 3. The Morgan fingerprint density at radius 3 is 1.87 bits per heavy atom. The molecule has 3 nitrogen and oxygen atoms in total. The average molecular weight is 293 g/mol. The molecule has 0 fully saturated rings. The molecule has 1 aromatic heterocycles. The van der Waals surface area contributed by atoms with Crippen molar-refractivity contribution in [3.63, 3.8) is 0 Å². The Hall–Kier alpha value is -3.56. The van der Waals surface area contributed by atoms with Gasteiger partial charge < -0.3 is 4.57 Å². The summed E-state index contributed by atoms with van der Waals surface area (Å²) in [5.74, 6) is 0. The van der Waals surface area contributed by atoms with E-state index < -0.39 is 0 Å². The van der Waals surface area contributed by atoms with Crippen LogP contribution in [0.1, 0.15) is 11.1 Å². The maximum absolute atomic E-state index is 9.51. The lowest BCUT2D eigenvalue weighted by Gasteiger charge is -2.09. The van der Waals surface area contributed by atoms with Crippen LogP contribution in [0.3, 0.4) is 0 Å². The summed E-state index contributed by atoms with van der Waals surface area (Å²) in [5, 5.41) is 20.9. The molecule has 0 spiro atoms. The van der Waals surface area contributed by atoms with Crippen LogP contribution in [-0.4, -0.2) is 4.57 Å². The maximum Gasteiger partial charge on any atom is 0.101 e. The molecule has 106 valence electrons. The highest BCUT2D eigenvalue weighted by atomic mass is 15.0. The van der Waals surface area contributed by atoms with E-state index in [2.05, 4.69) is 41.0 Å². The third-order valence-electron chi connectivity index (χ3n) is 4.07. The van der Waals surface area contributed by atoms with E-state index in [1.807, 2.05) is 30.3 Å². The summed E-state index contributed by atoms with van der Waals surface area (Å²) in [6.45, 7) is 0. The fourth-order valence-corrected chi connectivity index (χ4v) is 3.07. The van der Waals surface area contributed by atoms with Gasteiger partial charge in [-0.3, -0.25) is 0 Å². The molecule has 4 rings (SSSR count). The number of benzene rings is 3. The van der Waals surface area contributed by atoms with E-state index in [4.69, 9.17) is 5.26 Å². The zero-order valence-electron chi connectivity index (χ0n) is 12.2. The first-order chi connectivity index (χ1) is 11.3. The predicted octanol–water partition coefficient (Wildman–Crippen LogP) is 4.53. The molecule has 23 heavy (non-hydrogen) atoms. The molecule has 3 aromatic carbocycles. The van der Waals surface area contributed by atoms with E-state index in [0.717, 1.165) is 27.5 Å². The van der Waals surface area contributed by atoms with Crippen LogP contribution in [0.4, 0.5) is 0 Å². The average Bonchev–Trinajstić information content (AvgIpc) is 2.95. The molecule has 0 aliphatic carbocycles. The van der Waals surface area contributed by atoms with Gasteiger partial charge in [-0.2, -0.15) is 10.5 Å². The highest BCUT2D eigenvalue weighted by Gasteiger charge is 2.14. The first kappa shape index (κ1) is 13.1. The van der Waals surface area contributed by atoms with Gasteiger partial charge in [0.05, 0.1) is 33.9 Å². The lowest BCUT2D eigenvalue weighted by atomic mass is 10.1. The SMILES string of the molecule is N#Cc1ccc(-n2c3ccccc3c3ccccc32)c(C#N)c1. The molecule has 0 radical (unpaired) electrons. The molecule has 0 N–H and O–H groups in total. The van der Waals surface area contributed by atoms with E-state index in [1.54, 1.807) is 12.1 Å². The second-order valence-electron chi connectivity index (χ2n) is 5.33. The minimum absolute atomic E-state index is 0.492. The fourth-order valence-electron chi connectivity index (χ4n) is 3.07. The van der Waals surface area contributed by atoms with E-state index >= 15 is 0 Å². The molecule has 0 atom stereocenters. The number of rotatable bonds is 1. The van der Waals surface area contributed by atoms with Gasteiger partial charge in [-0.05, 0) is 30.3 Å². The van der Waals surface area contributed by atoms with Crippen LogP contribution < -0.4 is 0 Å². The molecule has 4 aromatic rings. The highest BCUT2D eigenvalue weighted by Crippen LogP contribution is 2.32. The number of para-hydroxylation sites is 2. The Balaban J connectivity index is 2.18. The summed E-state index contributed by atoms with van der Waals surface area (Å²) in [5.41, 5.74) is 3.88. The van der Waals surface area contributed by atoms with Crippen LogP contribution in [0.2, 0.25) is 0 Å². The Bertz CT molecular complexity index is 1080. The summed E-state index contributed by atoms with van der Waals surface area (Å²) in [7, 11) is 0. The molecule has 1 heterocycles. The van der Waals surface area contributed by atoms with Crippen molar-refractivity contribution in [3.05, 3.63) is 77.9 Å². The van der Waals surface area contributed by atoms with E-state index in [0.29, 0.717) is 11.1 Å². The summed E-state index contributed by atoms with van der Waals surface area (Å²) in [6, 6.07) is 25.8. The van der Waals surface area contributed by atoms with Crippen molar-refractivity contribution in [2.45, 2.75) is 0 Å². The molecule has 0 aliphatic heterocycles. The van der Waals surface area contributed by atoms with Crippen molar-refractivity contribution in [1.29, 1.82) is 10.5 Å². The summed E-state index contributed by atoms with van der Waals surface area (Å²) < 4.78 is 2.09. The quantitative estimate of drug-likeness (QED) is 0.518. The zero-order chi connectivity index (χ0) is 15.8. The summed E-state index contributed by atoms with van der Waals surface area (Å²) in [6.07, 6.45) is 0. The third kappa shape index (κ3) is 1.88. The van der Waals surface area contributed by atoms with Gasteiger partial charge in [0.15, 0.2) is 0 Å². The Kier molecular flexibility index (Phi) is 2.86. The number of hydrogen-bond acceptors (Lipinski definition) is 2. The van der Waals surface area contributed by atoms with Gasteiger partial charge in [0.2, 0.25) is 0 Å². The molecule has 0 amide bonds. The highest BCUT2D eigenvalue weighted by molar-refractivity contribution is 6.09. The molecule has 0 unspecified atom stereocenters. The largest absolute Gasteiger partial charge is 0.308 e. The maximum atomic E-state index is 9.51. The van der Waals surface area contributed by atoms with E-state index in [1.165, 1.54) is 0 Å². The van der Waals surface area contributed by atoms with Crippen LogP contribution in [0.15, 0.2) is 66.7 Å². The van der Waals surface area contributed by atoms with Crippen molar-refractivity contribution < 1.29 is 0 Å². The molecule has 0 bridgehead atoms. The van der Waals surface area contributed by atoms with Gasteiger partial charge in [-0.15, -0.1) is 0 Å². The summed E-state index contributed by atoms with van der Waals surface area (Å²) in [4.78, 5) is 0. The minimum Gasteiger partial charge on any atom is -0.308 e. The Morgan fingerprint density at radius 1 is 0.696 bits per heavy atom. The first-order valence-electron chi connectivity index (χ1n) is 7.26. The number of hydrogen-bond donors (Lipinski definition) is 0. The van der Waals surface area contributed by atoms with Gasteiger partial charge in [0.1, 0.15) is 6.07 Å². The molecular weight excluding hydrogens is 282 g/mol. The monoisotopic (exact) mass is 293 g/mol. The Labute approximate surface area is 133 Å². The predicted molar refractivity (Wildman–Crippen MR) is 90.2 cm³/mol. The second-order valence-corrected chi connectivity index (χ2v) is 5.33. The second kappa shape index (κ2) is 5.02. The van der Waals surface area contributed by atoms with Crippen LogP contribution in [0.5, 0.6) is 0 Å². The van der Waals surface area contributed by atoms with Crippen LogP contribution >= 0.6 is 0 Å². The van der Waals surface area contributed by atoms with Gasteiger partial charge in [0.25, 0.3) is 0 Å². The van der Waals surface area contributed by atoms with Gasteiger partial charge in [-0.25, -0.2) is 0 Å². The van der Waals surface area contributed by atoms with Gasteiger partial charge in [-0.1, -0.05) is 36.4 Å². The van der Waals surface area contributed by atoms with Crippen molar-refractivity contribution >= 4 is 21.8 Å². The van der Waals surface area contributed by atoms with Crippen molar-refractivity contribution in [2.24, 2.45) is 0 Å². The topological polar surface area (TPSA) is 52.5 Å². The molecule has 0 saturated heterocycles. The van der Waals surface area contributed by atoms with Crippen LogP contribution in [0, 0.1) is 22.7 Å². The number of aromatic nitrogens is 1. The van der Waals surface area contributed by atoms with Crippen molar-refractivity contribution in [3.8, 4) is 17.8 Å². The van der Waals surface area contributed by atoms with Crippen molar-refractivity contribution in [2.75, 3.05) is 0 Å². The fraction of sp³-hybridized carbons (Fsp3) is 0. The third-order valence-corrected chi connectivity index (χ3v) is 4.07. The number of fused-ring (bicyclic) bond motifs is 3. The van der Waals surface area contributed by atoms with E-state index in [-0.39, 0.29) is 0 Å². The molecule has 0 saturated carbocycles. The lowest BCUT2D eigenvalue weighted by Crippen LogP contribution is -1.97. The number of nitriles is 2. The van der Waals surface area contributed by atoms with Crippen molar-refractivity contribution in [1.82, 2.24) is 4.57 Å². The minimum atomic E-state index is 0.492. The summed E-state index contributed by atoms with van der Waals surface area (Å²) >= 11 is 0. The standard InChI is InChI=1S/C20H11N3/c21-12-14-9-10-18(15(11-14)13-22)23-19-7-3-1-5-16(19)17-6-2-4-8-20(17)23/h1-11H. The smallest absolute Gasteiger partial charge is 0.101 e. The lowest BCUT2D eigenvalue weighted by molar-refractivity contribution is 1.16. The zero-order valence-corrected chi connectivity index (χ0v) is 12.2. The Morgan fingerprint density at radius 2 is 1.30 bits per heavy atom. The van der Waals surface area contributed by atoms with Crippen LogP contribution in [-0.2, 0) is 0 Å². The molecular formula is C20H11N3. The first-order valence-corrected chi connectivity index (χ1v) is 7.26. The van der Waals surface area contributed by atoms with E-state index in [9.17, 15) is 5.26 Å². The molecule has 0 aliphatic rings.